The molecule has 72 valence electrons. The molecule has 0 atom stereocenters. The predicted octanol–water partition coefficient (Wildman–Crippen LogP) is 2.57. The van der Waals surface area contributed by atoms with Crippen molar-refractivity contribution in [3.63, 3.8) is 0 Å². The number of halogens is 1. The minimum absolute atomic E-state index is 0.657. The molecular formula is C10H10ClN3. The van der Waals surface area contributed by atoms with Gasteiger partial charge in [0.15, 0.2) is 5.65 Å². The van der Waals surface area contributed by atoms with Gasteiger partial charge in [0, 0.05) is 0 Å². The Kier molecular flexibility index (Phi) is 1.59. The van der Waals surface area contributed by atoms with Crippen LogP contribution in [0.5, 0.6) is 0 Å². The van der Waals surface area contributed by atoms with Crippen molar-refractivity contribution in [2.75, 3.05) is 0 Å². The molecule has 0 radical (unpaired) electrons. The Balaban J connectivity index is 2.26. The molecule has 2 heterocycles. The second-order valence-corrected chi connectivity index (χ2v) is 4.20. The van der Waals surface area contributed by atoms with E-state index < -0.39 is 0 Å². The maximum atomic E-state index is 6.11. The minimum Gasteiger partial charge on any atom is -0.212 e. The van der Waals surface area contributed by atoms with Crippen molar-refractivity contribution in [1.29, 1.82) is 0 Å². The second-order valence-electron chi connectivity index (χ2n) is 3.81. The lowest BCUT2D eigenvalue weighted by molar-refractivity contribution is 0.924. The lowest BCUT2D eigenvalue weighted by atomic mass is 10.2. The standard InChI is InChI=1S/C10H10ClN3/c1-6-12-10-5-8(7-2-3-7)4-9(11)14(10)13-6/h4-5,7H,2-3H2,1H3. The van der Waals surface area contributed by atoms with Gasteiger partial charge in [0.05, 0.1) is 0 Å². The fourth-order valence-electron chi connectivity index (χ4n) is 1.72. The van der Waals surface area contributed by atoms with Crippen molar-refractivity contribution >= 4 is 17.2 Å². The lowest BCUT2D eigenvalue weighted by Gasteiger charge is -2.00. The minimum atomic E-state index is 0.657. The Morgan fingerprint density at radius 3 is 2.93 bits per heavy atom. The number of aromatic nitrogens is 3. The van der Waals surface area contributed by atoms with Gasteiger partial charge in [-0.15, -0.1) is 0 Å². The highest BCUT2D eigenvalue weighted by atomic mass is 35.5. The van der Waals surface area contributed by atoms with Gasteiger partial charge in [-0.1, -0.05) is 11.6 Å². The normalized spacial score (nSPS) is 16.4. The molecule has 0 saturated heterocycles. The summed E-state index contributed by atoms with van der Waals surface area (Å²) in [5, 5.41) is 4.86. The third-order valence-electron chi connectivity index (χ3n) is 2.57. The van der Waals surface area contributed by atoms with Crippen LogP contribution in [0.25, 0.3) is 5.65 Å². The molecule has 0 unspecified atom stereocenters. The Bertz CT molecular complexity index is 499. The highest BCUT2D eigenvalue weighted by molar-refractivity contribution is 6.29. The zero-order valence-corrected chi connectivity index (χ0v) is 8.62. The van der Waals surface area contributed by atoms with Crippen molar-refractivity contribution < 1.29 is 0 Å². The van der Waals surface area contributed by atoms with E-state index in [2.05, 4.69) is 16.1 Å². The topological polar surface area (TPSA) is 30.2 Å². The van der Waals surface area contributed by atoms with E-state index in [-0.39, 0.29) is 0 Å². The van der Waals surface area contributed by atoms with Gasteiger partial charge >= 0.3 is 0 Å². The molecule has 1 saturated carbocycles. The van der Waals surface area contributed by atoms with E-state index in [1.54, 1.807) is 4.52 Å². The number of hydrogen-bond donors (Lipinski definition) is 0. The monoisotopic (exact) mass is 207 g/mol. The van der Waals surface area contributed by atoms with Crippen molar-refractivity contribution in [3.05, 3.63) is 28.7 Å². The fourth-order valence-corrected chi connectivity index (χ4v) is 1.97. The predicted molar refractivity (Wildman–Crippen MR) is 54.7 cm³/mol. The van der Waals surface area contributed by atoms with Crippen LogP contribution in [0.2, 0.25) is 5.15 Å². The van der Waals surface area contributed by atoms with Gasteiger partial charge in [-0.3, -0.25) is 0 Å². The summed E-state index contributed by atoms with van der Waals surface area (Å²) >= 11 is 6.11. The largest absolute Gasteiger partial charge is 0.212 e. The molecule has 0 aromatic carbocycles. The first-order valence-corrected chi connectivity index (χ1v) is 5.14. The molecule has 14 heavy (non-hydrogen) atoms. The molecule has 1 aliphatic rings. The van der Waals surface area contributed by atoms with Gasteiger partial charge < -0.3 is 0 Å². The lowest BCUT2D eigenvalue weighted by Crippen LogP contribution is -1.92. The van der Waals surface area contributed by atoms with Gasteiger partial charge in [0.1, 0.15) is 11.0 Å². The Morgan fingerprint density at radius 2 is 2.21 bits per heavy atom. The first-order valence-electron chi connectivity index (χ1n) is 4.77. The summed E-state index contributed by atoms with van der Waals surface area (Å²) in [7, 11) is 0. The summed E-state index contributed by atoms with van der Waals surface area (Å²) in [6.45, 7) is 1.88. The van der Waals surface area contributed by atoms with Gasteiger partial charge in [-0.25, -0.2) is 9.50 Å². The summed E-state index contributed by atoms with van der Waals surface area (Å²) in [4.78, 5) is 4.31. The molecule has 1 aliphatic carbocycles. The molecular weight excluding hydrogens is 198 g/mol. The van der Waals surface area contributed by atoms with Crippen molar-refractivity contribution in [2.24, 2.45) is 0 Å². The van der Waals surface area contributed by atoms with Crippen LogP contribution in [0.4, 0.5) is 0 Å². The third-order valence-corrected chi connectivity index (χ3v) is 2.84. The van der Waals surface area contributed by atoms with Gasteiger partial charge in [-0.05, 0) is 43.4 Å². The molecule has 1 fully saturated rings. The van der Waals surface area contributed by atoms with E-state index in [1.165, 1.54) is 18.4 Å². The van der Waals surface area contributed by atoms with Crippen LogP contribution in [0.15, 0.2) is 12.1 Å². The number of nitrogens with zero attached hydrogens (tertiary/aromatic N) is 3. The van der Waals surface area contributed by atoms with E-state index >= 15 is 0 Å². The third kappa shape index (κ3) is 1.20. The maximum Gasteiger partial charge on any atom is 0.157 e. The van der Waals surface area contributed by atoms with Gasteiger partial charge in [0.25, 0.3) is 0 Å². The van der Waals surface area contributed by atoms with Crippen molar-refractivity contribution in [3.8, 4) is 0 Å². The average Bonchev–Trinajstić information content (AvgIpc) is 2.89. The molecule has 0 amide bonds. The first-order chi connectivity index (χ1) is 6.74. The van der Waals surface area contributed by atoms with E-state index in [1.807, 2.05) is 13.0 Å². The van der Waals surface area contributed by atoms with E-state index in [0.29, 0.717) is 11.1 Å². The molecule has 3 nitrogen and oxygen atoms in total. The van der Waals surface area contributed by atoms with E-state index in [4.69, 9.17) is 11.6 Å². The Labute approximate surface area is 86.7 Å². The molecule has 2 aromatic rings. The molecule has 0 N–H and O–H groups in total. The average molecular weight is 208 g/mol. The van der Waals surface area contributed by atoms with Crippen molar-refractivity contribution in [1.82, 2.24) is 14.6 Å². The molecule has 0 bridgehead atoms. The number of rotatable bonds is 1. The fraction of sp³-hybridized carbons (Fsp3) is 0.400. The molecule has 0 aliphatic heterocycles. The highest BCUT2D eigenvalue weighted by Gasteiger charge is 2.24. The zero-order chi connectivity index (χ0) is 9.71. The summed E-state index contributed by atoms with van der Waals surface area (Å²) in [6.07, 6.45) is 2.55. The van der Waals surface area contributed by atoms with Crippen LogP contribution in [-0.4, -0.2) is 14.6 Å². The summed E-state index contributed by atoms with van der Waals surface area (Å²) in [5.74, 6) is 1.47. The Hall–Kier alpha value is -1.09. The quantitative estimate of drug-likeness (QED) is 0.673. The van der Waals surface area contributed by atoms with Crippen molar-refractivity contribution in [2.45, 2.75) is 25.7 Å². The Morgan fingerprint density at radius 1 is 1.43 bits per heavy atom. The number of hydrogen-bond acceptors (Lipinski definition) is 2. The number of pyridine rings is 1. The van der Waals surface area contributed by atoms with Crippen LogP contribution in [0.1, 0.15) is 30.1 Å². The van der Waals surface area contributed by atoms with Crippen LogP contribution in [-0.2, 0) is 0 Å². The summed E-state index contributed by atoms with van der Waals surface area (Å²) < 4.78 is 1.68. The van der Waals surface area contributed by atoms with Gasteiger partial charge in [-0.2, -0.15) is 5.10 Å². The molecule has 4 heteroatoms. The summed E-state index contributed by atoms with van der Waals surface area (Å²) in [5.41, 5.74) is 2.16. The van der Waals surface area contributed by atoms with Crippen LogP contribution >= 0.6 is 11.6 Å². The molecule has 2 aromatic heterocycles. The molecule has 3 rings (SSSR count). The maximum absolute atomic E-state index is 6.11. The van der Waals surface area contributed by atoms with Crippen LogP contribution < -0.4 is 0 Å². The van der Waals surface area contributed by atoms with E-state index in [0.717, 1.165) is 11.5 Å². The highest BCUT2D eigenvalue weighted by Crippen LogP contribution is 2.41. The zero-order valence-electron chi connectivity index (χ0n) is 7.87. The number of fused-ring (bicyclic) bond motifs is 1. The number of aryl methyl sites for hydroxylation is 1. The van der Waals surface area contributed by atoms with Crippen LogP contribution in [0.3, 0.4) is 0 Å². The summed E-state index contributed by atoms with van der Waals surface area (Å²) in [6, 6.07) is 4.09. The first kappa shape index (κ1) is 8.24. The molecule has 0 spiro atoms. The van der Waals surface area contributed by atoms with E-state index in [9.17, 15) is 0 Å². The van der Waals surface area contributed by atoms with Crippen LogP contribution in [0, 0.1) is 6.92 Å². The SMILES string of the molecule is Cc1nc2cc(C3CC3)cc(Cl)n2n1. The van der Waals surface area contributed by atoms with Gasteiger partial charge in [0.2, 0.25) is 0 Å². The smallest absolute Gasteiger partial charge is 0.157 e. The second kappa shape index (κ2) is 2.70.